The molecule has 1 heterocycles. The van der Waals surface area contributed by atoms with Gasteiger partial charge in [0, 0.05) is 9.89 Å². The first-order valence-corrected chi connectivity index (χ1v) is 12.1. The summed E-state index contributed by atoms with van der Waals surface area (Å²) in [6.07, 6.45) is 1.60. The Morgan fingerprint density at radius 2 is 1.81 bits per heavy atom. The van der Waals surface area contributed by atoms with E-state index in [0.29, 0.717) is 34.1 Å². The minimum Gasteiger partial charge on any atom is -0.490 e. The van der Waals surface area contributed by atoms with E-state index in [1.165, 1.54) is 4.68 Å². The van der Waals surface area contributed by atoms with E-state index in [9.17, 15) is 4.79 Å². The first-order valence-electron chi connectivity index (χ1n) is 10.2. The van der Waals surface area contributed by atoms with Crippen LogP contribution in [0.3, 0.4) is 0 Å². The highest BCUT2D eigenvalue weighted by atomic mass is 79.9. The topological polar surface area (TPSA) is 56.5 Å². The third-order valence-electron chi connectivity index (χ3n) is 4.47. The van der Waals surface area contributed by atoms with Crippen molar-refractivity contribution in [3.05, 3.63) is 66.0 Å². The molecule has 170 valence electrons. The van der Waals surface area contributed by atoms with Crippen LogP contribution < -0.4 is 10.3 Å². The van der Waals surface area contributed by atoms with E-state index in [1.807, 2.05) is 39.0 Å². The normalized spacial score (nSPS) is 12.7. The molecule has 5 nitrogen and oxygen atoms in total. The summed E-state index contributed by atoms with van der Waals surface area (Å²) in [5.74, 6) is 1.16. The Morgan fingerprint density at radius 3 is 2.41 bits per heavy atom. The van der Waals surface area contributed by atoms with E-state index in [0.717, 1.165) is 14.5 Å². The van der Waals surface area contributed by atoms with Crippen molar-refractivity contribution in [3.63, 3.8) is 0 Å². The minimum atomic E-state index is -0.388. The number of rotatable bonds is 4. The van der Waals surface area contributed by atoms with E-state index in [2.05, 4.69) is 57.7 Å². The zero-order valence-electron chi connectivity index (χ0n) is 19.0. The molecule has 8 heteroatoms. The van der Waals surface area contributed by atoms with Crippen LogP contribution in [0.2, 0.25) is 5.02 Å². The molecule has 1 aromatic heterocycles. The third kappa shape index (κ3) is 5.80. The van der Waals surface area contributed by atoms with Crippen LogP contribution >= 0.6 is 43.5 Å². The van der Waals surface area contributed by atoms with Gasteiger partial charge in [0.15, 0.2) is 5.75 Å². The second kappa shape index (κ2) is 9.27. The molecule has 0 unspecified atom stereocenters. The average molecular weight is 584 g/mol. The Bertz CT molecular complexity index is 1230. The van der Waals surface area contributed by atoms with Crippen LogP contribution in [0.4, 0.5) is 0 Å². The fourth-order valence-corrected chi connectivity index (χ4v) is 4.30. The Hall–Kier alpha value is -1.70. The third-order valence-corrected chi connectivity index (χ3v) is 5.83. The molecule has 0 bridgehead atoms. The summed E-state index contributed by atoms with van der Waals surface area (Å²) in [5.41, 5.74) is 0.756. The molecule has 0 spiro atoms. The zero-order valence-corrected chi connectivity index (χ0v) is 22.9. The Kier molecular flexibility index (Phi) is 7.23. The highest BCUT2D eigenvalue weighted by molar-refractivity contribution is 9.10. The van der Waals surface area contributed by atoms with Crippen LogP contribution in [0, 0.1) is 5.41 Å². The van der Waals surface area contributed by atoms with Crippen molar-refractivity contribution < 1.29 is 4.74 Å². The SMILES string of the molecule is CC(C)(C)COc1c(Cl)cc(C=Nn2c(C(C)(C)C)nc3ccc(Br)cc3c2=O)cc1Br. The molecular formula is C24H26Br2ClN3O2. The number of halogens is 3. The second-order valence-corrected chi connectivity index (χ2v) is 12.0. The Morgan fingerprint density at radius 1 is 1.12 bits per heavy atom. The average Bonchev–Trinajstić information content (AvgIpc) is 2.65. The number of hydrogen-bond donors (Lipinski definition) is 0. The quantitative estimate of drug-likeness (QED) is 0.306. The molecule has 0 N–H and O–H groups in total. The smallest absolute Gasteiger partial charge is 0.282 e. The van der Waals surface area contributed by atoms with Crippen LogP contribution in [-0.4, -0.2) is 22.5 Å². The Labute approximate surface area is 210 Å². The van der Waals surface area contributed by atoms with E-state index in [4.69, 9.17) is 21.3 Å². The first-order chi connectivity index (χ1) is 14.8. The van der Waals surface area contributed by atoms with Crippen LogP contribution in [0.15, 0.2) is 49.2 Å². The van der Waals surface area contributed by atoms with Gasteiger partial charge in [0.2, 0.25) is 0 Å². The van der Waals surface area contributed by atoms with E-state index in [1.54, 1.807) is 18.3 Å². The number of benzene rings is 2. The van der Waals surface area contributed by atoms with Gasteiger partial charge in [-0.15, -0.1) is 0 Å². The zero-order chi connectivity index (χ0) is 23.8. The molecule has 3 aromatic rings. The molecule has 0 saturated heterocycles. The monoisotopic (exact) mass is 581 g/mol. The maximum atomic E-state index is 13.3. The van der Waals surface area contributed by atoms with Gasteiger partial charge >= 0.3 is 0 Å². The summed E-state index contributed by atoms with van der Waals surface area (Å²) in [4.78, 5) is 18.0. The predicted octanol–water partition coefficient (Wildman–Crippen LogP) is 7.18. The summed E-state index contributed by atoms with van der Waals surface area (Å²) < 4.78 is 8.79. The molecule has 0 aliphatic heterocycles. The molecule has 0 aliphatic carbocycles. The standard InChI is InChI=1S/C24H26Br2ClN3O2/c1-23(2,3)13-32-20-17(26)9-14(10-18(20)27)12-28-30-21(31)16-11-15(25)7-8-19(16)29-22(30)24(4,5)6/h7-12H,13H2,1-6H3. The highest BCUT2D eigenvalue weighted by Crippen LogP contribution is 2.35. The maximum absolute atomic E-state index is 13.3. The van der Waals surface area contributed by atoms with Crippen molar-refractivity contribution in [1.29, 1.82) is 0 Å². The summed E-state index contributed by atoms with van der Waals surface area (Å²) in [6, 6.07) is 9.09. The van der Waals surface area contributed by atoms with Crippen LogP contribution in [-0.2, 0) is 5.41 Å². The van der Waals surface area contributed by atoms with Gasteiger partial charge in [-0.05, 0) is 57.2 Å². The van der Waals surface area contributed by atoms with Gasteiger partial charge in [0.05, 0.1) is 33.2 Å². The first kappa shape index (κ1) is 24.9. The lowest BCUT2D eigenvalue weighted by atomic mass is 9.95. The lowest BCUT2D eigenvalue weighted by Gasteiger charge is -2.21. The van der Waals surface area contributed by atoms with Crippen LogP contribution in [0.1, 0.15) is 52.9 Å². The van der Waals surface area contributed by atoms with E-state index < -0.39 is 0 Å². The summed E-state index contributed by atoms with van der Waals surface area (Å²) >= 11 is 13.4. The summed E-state index contributed by atoms with van der Waals surface area (Å²) in [7, 11) is 0. The van der Waals surface area contributed by atoms with Crippen molar-refractivity contribution in [2.75, 3.05) is 6.61 Å². The fraction of sp³-hybridized carbons (Fsp3) is 0.375. The molecule has 0 radical (unpaired) electrons. The molecule has 0 atom stereocenters. The molecular weight excluding hydrogens is 558 g/mol. The van der Waals surface area contributed by atoms with Gasteiger partial charge in [0.25, 0.3) is 5.56 Å². The number of nitrogens with zero attached hydrogens (tertiary/aromatic N) is 3. The number of ether oxygens (including phenoxy) is 1. The van der Waals surface area contributed by atoms with E-state index >= 15 is 0 Å². The predicted molar refractivity (Wildman–Crippen MR) is 139 cm³/mol. The van der Waals surface area contributed by atoms with Crippen molar-refractivity contribution in [2.24, 2.45) is 10.5 Å². The van der Waals surface area contributed by atoms with Gasteiger partial charge in [-0.25, -0.2) is 4.98 Å². The van der Waals surface area contributed by atoms with Crippen molar-refractivity contribution in [2.45, 2.75) is 47.0 Å². The van der Waals surface area contributed by atoms with Gasteiger partial charge < -0.3 is 4.74 Å². The lowest BCUT2D eigenvalue weighted by molar-refractivity contribution is 0.197. The minimum absolute atomic E-state index is 0.00546. The Balaban J connectivity index is 2.06. The highest BCUT2D eigenvalue weighted by Gasteiger charge is 2.23. The van der Waals surface area contributed by atoms with Gasteiger partial charge in [-0.1, -0.05) is 69.1 Å². The van der Waals surface area contributed by atoms with E-state index in [-0.39, 0.29) is 16.4 Å². The molecule has 0 saturated carbocycles. The van der Waals surface area contributed by atoms with Crippen molar-refractivity contribution >= 4 is 60.6 Å². The van der Waals surface area contributed by atoms with Crippen molar-refractivity contribution in [3.8, 4) is 5.75 Å². The number of aromatic nitrogens is 2. The number of hydrogen-bond acceptors (Lipinski definition) is 4. The largest absolute Gasteiger partial charge is 0.490 e. The molecule has 3 rings (SSSR count). The van der Waals surface area contributed by atoms with Gasteiger partial charge in [0.1, 0.15) is 5.82 Å². The van der Waals surface area contributed by atoms with Gasteiger partial charge in [-0.2, -0.15) is 9.78 Å². The van der Waals surface area contributed by atoms with Crippen molar-refractivity contribution in [1.82, 2.24) is 9.66 Å². The maximum Gasteiger partial charge on any atom is 0.282 e. The molecule has 32 heavy (non-hydrogen) atoms. The molecule has 2 aromatic carbocycles. The number of fused-ring (bicyclic) bond motifs is 1. The summed E-state index contributed by atoms with van der Waals surface area (Å²) in [5, 5.41) is 5.46. The van der Waals surface area contributed by atoms with Gasteiger partial charge in [-0.3, -0.25) is 4.79 Å². The lowest BCUT2D eigenvalue weighted by Crippen LogP contribution is -2.29. The summed E-state index contributed by atoms with van der Waals surface area (Å²) in [6.45, 7) is 12.8. The van der Waals surface area contributed by atoms with Crippen LogP contribution in [0.25, 0.3) is 10.9 Å². The molecule has 0 aliphatic rings. The van der Waals surface area contributed by atoms with Crippen LogP contribution in [0.5, 0.6) is 5.75 Å². The molecule has 0 fully saturated rings. The second-order valence-electron chi connectivity index (χ2n) is 9.87. The molecule has 0 amide bonds. The fourth-order valence-electron chi connectivity index (χ4n) is 2.95.